The molecule has 0 bridgehead atoms. The van der Waals surface area contributed by atoms with Crippen LogP contribution < -0.4 is 0 Å². The van der Waals surface area contributed by atoms with Crippen molar-refractivity contribution in [1.82, 2.24) is 25.0 Å². The molecular weight excluding hydrogens is 254 g/mol. The summed E-state index contributed by atoms with van der Waals surface area (Å²) in [5.41, 5.74) is 2.24. The van der Waals surface area contributed by atoms with Crippen LogP contribution in [0.15, 0.2) is 17.0 Å². The molecule has 0 amide bonds. The lowest BCUT2D eigenvalue weighted by atomic mass is 9.97. The Bertz CT molecular complexity index is 602. The standard InChI is InChI=1S/C14H19N5O/c1-14(2,3)13-17-12(18-20-13)8-19-5-4-10-6-15-9-16-11(10)7-19/h6,9H,4-5,7-8H2,1-3H3. The predicted octanol–water partition coefficient (Wildman–Crippen LogP) is 1.72. The van der Waals surface area contributed by atoms with Crippen LogP contribution in [0.1, 0.15) is 43.7 Å². The van der Waals surface area contributed by atoms with Gasteiger partial charge in [-0.1, -0.05) is 25.9 Å². The highest BCUT2D eigenvalue weighted by atomic mass is 16.5. The van der Waals surface area contributed by atoms with E-state index in [1.165, 1.54) is 5.56 Å². The molecule has 2 aromatic rings. The normalized spacial score (nSPS) is 16.1. The van der Waals surface area contributed by atoms with Gasteiger partial charge in [0.15, 0.2) is 5.82 Å². The maximum atomic E-state index is 5.33. The van der Waals surface area contributed by atoms with Crippen LogP contribution in [0, 0.1) is 0 Å². The van der Waals surface area contributed by atoms with Crippen molar-refractivity contribution >= 4 is 0 Å². The molecule has 3 heterocycles. The second-order valence-electron chi connectivity index (χ2n) is 6.22. The van der Waals surface area contributed by atoms with Crippen LogP contribution >= 0.6 is 0 Å². The van der Waals surface area contributed by atoms with Crippen LogP contribution in [-0.4, -0.2) is 31.6 Å². The number of fused-ring (bicyclic) bond motifs is 1. The molecule has 0 aromatic carbocycles. The van der Waals surface area contributed by atoms with Crippen LogP contribution in [0.25, 0.3) is 0 Å². The summed E-state index contributed by atoms with van der Waals surface area (Å²) in [5, 5.41) is 4.07. The topological polar surface area (TPSA) is 67.9 Å². The van der Waals surface area contributed by atoms with Crippen LogP contribution in [0.2, 0.25) is 0 Å². The molecule has 0 spiro atoms. The fourth-order valence-electron chi connectivity index (χ4n) is 2.26. The number of rotatable bonds is 2. The molecule has 0 N–H and O–H groups in total. The Hall–Kier alpha value is -1.82. The maximum absolute atomic E-state index is 5.33. The van der Waals surface area contributed by atoms with Gasteiger partial charge in [0.1, 0.15) is 6.33 Å². The van der Waals surface area contributed by atoms with Crippen molar-refractivity contribution in [1.29, 1.82) is 0 Å². The van der Waals surface area contributed by atoms with Gasteiger partial charge in [-0.2, -0.15) is 4.98 Å². The van der Waals surface area contributed by atoms with Crippen molar-refractivity contribution in [2.45, 2.75) is 45.7 Å². The molecule has 0 saturated heterocycles. The smallest absolute Gasteiger partial charge is 0.232 e. The molecule has 0 unspecified atom stereocenters. The summed E-state index contributed by atoms with van der Waals surface area (Å²) in [6.45, 7) is 8.69. The molecule has 106 valence electrons. The van der Waals surface area contributed by atoms with E-state index in [2.05, 4.69) is 45.8 Å². The van der Waals surface area contributed by atoms with Gasteiger partial charge in [-0.25, -0.2) is 9.97 Å². The minimum atomic E-state index is -0.104. The molecule has 1 aliphatic rings. The van der Waals surface area contributed by atoms with Gasteiger partial charge in [0.05, 0.1) is 12.2 Å². The number of aromatic nitrogens is 4. The van der Waals surface area contributed by atoms with E-state index in [4.69, 9.17) is 4.52 Å². The van der Waals surface area contributed by atoms with Crippen molar-refractivity contribution in [2.75, 3.05) is 6.54 Å². The summed E-state index contributed by atoms with van der Waals surface area (Å²) in [6.07, 6.45) is 4.49. The van der Waals surface area contributed by atoms with Gasteiger partial charge in [0.2, 0.25) is 5.89 Å². The molecule has 6 heteroatoms. The van der Waals surface area contributed by atoms with Gasteiger partial charge in [0.25, 0.3) is 0 Å². The third-order valence-electron chi connectivity index (χ3n) is 3.43. The largest absolute Gasteiger partial charge is 0.339 e. The summed E-state index contributed by atoms with van der Waals surface area (Å²) >= 11 is 0. The Labute approximate surface area is 118 Å². The average molecular weight is 273 g/mol. The quantitative estimate of drug-likeness (QED) is 0.830. The molecule has 1 aliphatic heterocycles. The van der Waals surface area contributed by atoms with Gasteiger partial charge < -0.3 is 4.52 Å². The molecule has 0 saturated carbocycles. The van der Waals surface area contributed by atoms with Crippen LogP contribution in [-0.2, 0) is 24.9 Å². The third kappa shape index (κ3) is 2.70. The first-order chi connectivity index (χ1) is 9.52. The number of hydrogen-bond donors (Lipinski definition) is 0. The number of nitrogens with zero attached hydrogens (tertiary/aromatic N) is 5. The summed E-state index contributed by atoms with van der Waals surface area (Å²) in [4.78, 5) is 15.2. The molecule has 6 nitrogen and oxygen atoms in total. The molecule has 0 aliphatic carbocycles. The Morgan fingerprint density at radius 2 is 2.20 bits per heavy atom. The first-order valence-corrected chi connectivity index (χ1v) is 6.85. The molecule has 20 heavy (non-hydrogen) atoms. The van der Waals surface area contributed by atoms with E-state index < -0.39 is 0 Å². The van der Waals surface area contributed by atoms with Crippen LogP contribution in [0.4, 0.5) is 0 Å². The second kappa shape index (κ2) is 4.94. The first kappa shape index (κ1) is 13.2. The lowest BCUT2D eigenvalue weighted by molar-refractivity contribution is 0.230. The number of hydrogen-bond acceptors (Lipinski definition) is 6. The van der Waals surface area contributed by atoms with Gasteiger partial charge >= 0.3 is 0 Å². The van der Waals surface area contributed by atoms with Crippen molar-refractivity contribution in [3.63, 3.8) is 0 Å². The van der Waals surface area contributed by atoms with E-state index in [-0.39, 0.29) is 5.41 Å². The highest BCUT2D eigenvalue weighted by Crippen LogP contribution is 2.21. The molecule has 0 fully saturated rings. The van der Waals surface area contributed by atoms with Crippen molar-refractivity contribution in [2.24, 2.45) is 0 Å². The lowest BCUT2D eigenvalue weighted by Crippen LogP contribution is -2.31. The molecule has 3 rings (SSSR count). The summed E-state index contributed by atoms with van der Waals surface area (Å²) in [6, 6.07) is 0. The van der Waals surface area contributed by atoms with Crippen molar-refractivity contribution < 1.29 is 4.52 Å². The van der Waals surface area contributed by atoms with Gasteiger partial charge in [-0.15, -0.1) is 0 Å². The Balaban J connectivity index is 1.69. The zero-order valence-corrected chi connectivity index (χ0v) is 12.1. The Morgan fingerprint density at radius 1 is 1.35 bits per heavy atom. The molecule has 0 radical (unpaired) electrons. The summed E-state index contributed by atoms with van der Waals surface area (Å²) in [7, 11) is 0. The highest BCUT2D eigenvalue weighted by Gasteiger charge is 2.23. The SMILES string of the molecule is CC(C)(C)c1nc(CN2CCc3cncnc3C2)no1. The van der Waals surface area contributed by atoms with E-state index in [0.29, 0.717) is 12.4 Å². The third-order valence-corrected chi connectivity index (χ3v) is 3.43. The highest BCUT2D eigenvalue weighted by molar-refractivity contribution is 5.18. The van der Waals surface area contributed by atoms with E-state index in [0.717, 1.165) is 31.0 Å². The van der Waals surface area contributed by atoms with Crippen LogP contribution in [0.3, 0.4) is 0 Å². The predicted molar refractivity (Wildman–Crippen MR) is 72.8 cm³/mol. The molecule has 2 aromatic heterocycles. The second-order valence-corrected chi connectivity index (χ2v) is 6.22. The Kier molecular flexibility index (Phi) is 3.25. The lowest BCUT2D eigenvalue weighted by Gasteiger charge is -2.26. The maximum Gasteiger partial charge on any atom is 0.232 e. The zero-order chi connectivity index (χ0) is 14.2. The fourth-order valence-corrected chi connectivity index (χ4v) is 2.26. The van der Waals surface area contributed by atoms with Crippen molar-refractivity contribution in [3.8, 4) is 0 Å². The monoisotopic (exact) mass is 273 g/mol. The van der Waals surface area contributed by atoms with E-state index in [1.54, 1.807) is 6.33 Å². The molecule has 0 atom stereocenters. The summed E-state index contributed by atoms with van der Waals surface area (Å²) < 4.78 is 5.33. The molecular formula is C14H19N5O. The van der Waals surface area contributed by atoms with E-state index in [1.807, 2.05) is 6.20 Å². The van der Waals surface area contributed by atoms with Crippen LogP contribution in [0.5, 0.6) is 0 Å². The summed E-state index contributed by atoms with van der Waals surface area (Å²) in [5.74, 6) is 1.43. The van der Waals surface area contributed by atoms with Gasteiger partial charge in [0, 0.05) is 24.7 Å². The average Bonchev–Trinajstić information content (AvgIpc) is 2.87. The fraction of sp³-hybridized carbons (Fsp3) is 0.571. The minimum Gasteiger partial charge on any atom is -0.339 e. The minimum absolute atomic E-state index is 0.104. The van der Waals surface area contributed by atoms with Gasteiger partial charge in [-0.05, 0) is 12.0 Å². The van der Waals surface area contributed by atoms with E-state index >= 15 is 0 Å². The van der Waals surface area contributed by atoms with E-state index in [9.17, 15) is 0 Å². The first-order valence-electron chi connectivity index (χ1n) is 6.85. The van der Waals surface area contributed by atoms with Crippen molar-refractivity contribution in [3.05, 3.63) is 35.5 Å². The Morgan fingerprint density at radius 3 is 2.95 bits per heavy atom. The zero-order valence-electron chi connectivity index (χ0n) is 12.1. The van der Waals surface area contributed by atoms with Gasteiger partial charge in [-0.3, -0.25) is 4.90 Å².